The van der Waals surface area contributed by atoms with E-state index in [9.17, 15) is 8.78 Å². The van der Waals surface area contributed by atoms with Gasteiger partial charge in [0, 0.05) is 24.1 Å². The van der Waals surface area contributed by atoms with Crippen LogP contribution in [0.25, 0.3) is 0 Å². The molecule has 1 heterocycles. The maximum absolute atomic E-state index is 14.1. The normalized spacial score (nSPS) is 19.4. The van der Waals surface area contributed by atoms with E-state index in [0.29, 0.717) is 13.0 Å². The van der Waals surface area contributed by atoms with Crippen LogP contribution < -0.4 is 14.8 Å². The molecule has 0 aromatic heterocycles. The summed E-state index contributed by atoms with van der Waals surface area (Å²) in [5.74, 6) is -1.38. The lowest BCUT2D eigenvalue weighted by Crippen LogP contribution is -2.11. The third-order valence-electron chi connectivity index (χ3n) is 3.08. The van der Waals surface area contributed by atoms with Gasteiger partial charge in [-0.3, -0.25) is 0 Å². The zero-order chi connectivity index (χ0) is 12.4. The molecule has 1 atom stereocenters. The van der Waals surface area contributed by atoms with E-state index in [4.69, 9.17) is 9.47 Å². The number of nitrogens with one attached hydrogen (secondary N) is 1. The van der Waals surface area contributed by atoms with Crippen LogP contribution in [0.1, 0.15) is 17.9 Å². The molecular weight excluding hydrogens is 228 g/mol. The third-order valence-corrected chi connectivity index (χ3v) is 3.08. The lowest BCUT2D eigenvalue weighted by Gasteiger charge is -2.16. The summed E-state index contributed by atoms with van der Waals surface area (Å²) < 4.78 is 37.9. The van der Waals surface area contributed by atoms with Gasteiger partial charge in [-0.1, -0.05) is 0 Å². The van der Waals surface area contributed by atoms with Crippen molar-refractivity contribution in [3.63, 3.8) is 0 Å². The van der Waals surface area contributed by atoms with Crippen molar-refractivity contribution in [1.82, 2.24) is 5.32 Å². The van der Waals surface area contributed by atoms with Gasteiger partial charge < -0.3 is 14.8 Å². The molecule has 1 unspecified atom stereocenters. The quantitative estimate of drug-likeness (QED) is 0.881. The summed E-state index contributed by atoms with van der Waals surface area (Å²) in [6.07, 6.45) is 0.712. The molecule has 3 nitrogen and oxygen atoms in total. The molecule has 1 aromatic carbocycles. The van der Waals surface area contributed by atoms with Gasteiger partial charge in [0.1, 0.15) is 0 Å². The van der Waals surface area contributed by atoms with Crippen molar-refractivity contribution in [2.24, 2.45) is 0 Å². The molecule has 2 rings (SSSR count). The Morgan fingerprint density at radius 1 is 1.18 bits per heavy atom. The van der Waals surface area contributed by atoms with Gasteiger partial charge in [-0.15, -0.1) is 0 Å². The molecule has 0 aliphatic carbocycles. The highest BCUT2D eigenvalue weighted by Gasteiger charge is 2.28. The second kappa shape index (κ2) is 4.87. The average Bonchev–Trinajstić information content (AvgIpc) is 2.83. The molecule has 0 saturated carbocycles. The van der Waals surface area contributed by atoms with E-state index in [1.54, 1.807) is 0 Å². The molecule has 94 valence electrons. The first-order chi connectivity index (χ1) is 8.19. The minimum absolute atomic E-state index is 0.0187. The topological polar surface area (TPSA) is 30.5 Å². The van der Waals surface area contributed by atoms with Gasteiger partial charge in [0.05, 0.1) is 14.2 Å². The summed E-state index contributed by atoms with van der Waals surface area (Å²) in [5, 5.41) is 3.09. The molecule has 0 radical (unpaired) electrons. The summed E-state index contributed by atoms with van der Waals surface area (Å²) in [5.41, 5.74) is 0.0613. The Kier molecular flexibility index (Phi) is 3.47. The van der Waals surface area contributed by atoms with E-state index in [-0.39, 0.29) is 23.0 Å². The highest BCUT2D eigenvalue weighted by Crippen LogP contribution is 2.37. The summed E-state index contributed by atoms with van der Waals surface area (Å²) in [6, 6.07) is 1.23. The van der Waals surface area contributed by atoms with Gasteiger partial charge in [-0.2, -0.15) is 0 Å². The van der Waals surface area contributed by atoms with Crippen molar-refractivity contribution in [3.05, 3.63) is 23.3 Å². The number of hydrogen-bond acceptors (Lipinski definition) is 3. The smallest absolute Gasteiger partial charge is 0.171 e. The van der Waals surface area contributed by atoms with Gasteiger partial charge >= 0.3 is 0 Å². The predicted molar refractivity (Wildman–Crippen MR) is 59.7 cm³/mol. The van der Waals surface area contributed by atoms with Crippen molar-refractivity contribution in [2.45, 2.75) is 12.3 Å². The molecule has 1 N–H and O–H groups in total. The monoisotopic (exact) mass is 243 g/mol. The van der Waals surface area contributed by atoms with Crippen LogP contribution in [0.2, 0.25) is 0 Å². The number of halogens is 2. The van der Waals surface area contributed by atoms with E-state index in [1.807, 2.05) is 0 Å². The first-order valence-corrected chi connectivity index (χ1v) is 5.49. The van der Waals surface area contributed by atoms with Crippen LogP contribution in [0.15, 0.2) is 6.07 Å². The van der Waals surface area contributed by atoms with E-state index in [2.05, 4.69) is 5.32 Å². The zero-order valence-electron chi connectivity index (χ0n) is 9.85. The Labute approximate surface area is 98.7 Å². The maximum Gasteiger partial charge on any atom is 0.171 e. The summed E-state index contributed by atoms with van der Waals surface area (Å²) in [4.78, 5) is 0. The van der Waals surface area contributed by atoms with Gasteiger partial charge in [0.25, 0.3) is 0 Å². The Morgan fingerprint density at radius 2 is 1.76 bits per heavy atom. The van der Waals surface area contributed by atoms with E-state index in [1.165, 1.54) is 20.3 Å². The first kappa shape index (κ1) is 12.1. The molecule has 17 heavy (non-hydrogen) atoms. The summed E-state index contributed by atoms with van der Waals surface area (Å²) >= 11 is 0. The van der Waals surface area contributed by atoms with Crippen LogP contribution in [0, 0.1) is 11.6 Å². The molecule has 0 spiro atoms. The molecule has 1 aliphatic heterocycles. The lowest BCUT2D eigenvalue weighted by atomic mass is 9.96. The Morgan fingerprint density at radius 3 is 2.18 bits per heavy atom. The van der Waals surface area contributed by atoms with E-state index < -0.39 is 11.6 Å². The van der Waals surface area contributed by atoms with Crippen LogP contribution in [0.4, 0.5) is 8.78 Å². The van der Waals surface area contributed by atoms with Crippen molar-refractivity contribution in [2.75, 3.05) is 27.3 Å². The van der Waals surface area contributed by atoms with Crippen molar-refractivity contribution < 1.29 is 18.3 Å². The molecule has 0 amide bonds. The van der Waals surface area contributed by atoms with Crippen molar-refractivity contribution in [3.8, 4) is 11.5 Å². The summed E-state index contributed by atoms with van der Waals surface area (Å²) in [7, 11) is 2.71. The van der Waals surface area contributed by atoms with Gasteiger partial charge in [-0.05, 0) is 13.0 Å². The number of methoxy groups -OCH3 is 2. The largest absolute Gasteiger partial charge is 0.494 e. The van der Waals surface area contributed by atoms with Crippen LogP contribution in [0.5, 0.6) is 11.5 Å². The van der Waals surface area contributed by atoms with Crippen molar-refractivity contribution >= 4 is 0 Å². The van der Waals surface area contributed by atoms with Crippen LogP contribution >= 0.6 is 0 Å². The summed E-state index contributed by atoms with van der Waals surface area (Å²) in [6.45, 7) is 1.34. The van der Waals surface area contributed by atoms with Crippen LogP contribution in [-0.4, -0.2) is 27.3 Å². The Hall–Kier alpha value is -1.36. The fraction of sp³-hybridized carbons (Fsp3) is 0.500. The first-order valence-electron chi connectivity index (χ1n) is 5.49. The third kappa shape index (κ3) is 2.07. The number of benzene rings is 1. The highest BCUT2D eigenvalue weighted by molar-refractivity contribution is 5.43. The molecule has 1 aromatic rings. The standard InChI is InChI=1S/C12H15F2NO2/c1-16-8-5-9(17-2)12(14)10(11(8)13)7-3-4-15-6-7/h5,7,15H,3-4,6H2,1-2H3. The minimum atomic E-state index is -0.625. The zero-order valence-corrected chi connectivity index (χ0v) is 9.85. The Bertz CT molecular complexity index is 389. The maximum atomic E-state index is 14.1. The second-order valence-corrected chi connectivity index (χ2v) is 4.01. The molecular formula is C12H15F2NO2. The van der Waals surface area contributed by atoms with Crippen molar-refractivity contribution in [1.29, 1.82) is 0 Å². The average molecular weight is 243 g/mol. The van der Waals surface area contributed by atoms with Gasteiger partial charge in [0.15, 0.2) is 23.1 Å². The molecule has 1 aliphatic rings. The Balaban J connectivity index is 2.53. The number of ether oxygens (including phenoxy) is 2. The fourth-order valence-electron chi connectivity index (χ4n) is 2.16. The molecule has 0 bridgehead atoms. The fourth-order valence-corrected chi connectivity index (χ4v) is 2.16. The lowest BCUT2D eigenvalue weighted by molar-refractivity contribution is 0.350. The second-order valence-electron chi connectivity index (χ2n) is 4.01. The highest BCUT2D eigenvalue weighted by atomic mass is 19.1. The number of rotatable bonds is 3. The molecule has 5 heteroatoms. The van der Waals surface area contributed by atoms with Gasteiger partial charge in [-0.25, -0.2) is 8.78 Å². The van der Waals surface area contributed by atoms with Crippen LogP contribution in [-0.2, 0) is 0 Å². The van der Waals surface area contributed by atoms with Gasteiger partial charge in [0.2, 0.25) is 0 Å². The van der Waals surface area contributed by atoms with E-state index >= 15 is 0 Å². The molecule has 1 fully saturated rings. The minimum Gasteiger partial charge on any atom is -0.494 e. The van der Waals surface area contributed by atoms with E-state index in [0.717, 1.165) is 6.54 Å². The molecule has 1 saturated heterocycles. The number of hydrogen-bond donors (Lipinski definition) is 1. The predicted octanol–water partition coefficient (Wildman–Crippen LogP) is 2.06. The SMILES string of the molecule is COc1cc(OC)c(F)c(C2CCNC2)c1F. The van der Waals surface area contributed by atoms with Crippen LogP contribution in [0.3, 0.4) is 0 Å².